The van der Waals surface area contributed by atoms with Gasteiger partial charge in [0.25, 0.3) is 0 Å². The predicted molar refractivity (Wildman–Crippen MR) is 33.6 cm³/mol. The van der Waals surface area contributed by atoms with Crippen molar-refractivity contribution in [2.24, 2.45) is 0 Å². The number of hydrogen-bond acceptors (Lipinski definition) is 4. The second kappa shape index (κ2) is 4.78. The van der Waals surface area contributed by atoms with Crippen LogP contribution in [0, 0.1) is 0 Å². The molecular weight excluding hydrogens is 136 g/mol. The number of rotatable bonds is 3. The topological polar surface area (TPSA) is 52.6 Å². The van der Waals surface area contributed by atoms with Crippen LogP contribution in [0.15, 0.2) is 0 Å². The van der Waals surface area contributed by atoms with E-state index in [1.54, 1.807) is 13.8 Å². The van der Waals surface area contributed by atoms with Gasteiger partial charge in [0, 0.05) is 0 Å². The van der Waals surface area contributed by atoms with Crippen LogP contribution in [0.4, 0.5) is 4.79 Å². The highest BCUT2D eigenvalue weighted by atomic mass is 16.7. The van der Waals surface area contributed by atoms with Gasteiger partial charge in [-0.1, -0.05) is 0 Å². The molecule has 0 fully saturated rings. The quantitative estimate of drug-likeness (QED) is 0.435. The molecule has 0 aliphatic heterocycles. The first kappa shape index (κ1) is 8.94. The van der Waals surface area contributed by atoms with Gasteiger partial charge in [-0.05, 0) is 13.8 Å². The van der Waals surface area contributed by atoms with E-state index in [0.29, 0.717) is 6.29 Å². The SMILES string of the molecule is CC(C)OC(=O)OCC=O. The fourth-order valence-corrected chi connectivity index (χ4v) is 0.329. The molecule has 0 aromatic rings. The lowest BCUT2D eigenvalue weighted by Gasteiger charge is -2.05. The third kappa shape index (κ3) is 5.08. The summed E-state index contributed by atoms with van der Waals surface area (Å²) >= 11 is 0. The largest absolute Gasteiger partial charge is 0.508 e. The number of hydrogen-bond donors (Lipinski definition) is 0. The Hall–Kier alpha value is -1.06. The van der Waals surface area contributed by atoms with Crippen LogP contribution >= 0.6 is 0 Å². The fraction of sp³-hybridized carbons (Fsp3) is 0.667. The Bertz CT molecular complexity index is 119. The van der Waals surface area contributed by atoms with Crippen LogP contribution in [0.2, 0.25) is 0 Å². The van der Waals surface area contributed by atoms with Crippen molar-refractivity contribution in [1.82, 2.24) is 0 Å². The zero-order valence-electron chi connectivity index (χ0n) is 5.99. The summed E-state index contributed by atoms with van der Waals surface area (Å²) in [6.07, 6.45) is -0.525. The van der Waals surface area contributed by atoms with Crippen molar-refractivity contribution in [1.29, 1.82) is 0 Å². The van der Waals surface area contributed by atoms with E-state index < -0.39 is 6.16 Å². The maximum Gasteiger partial charge on any atom is 0.508 e. The van der Waals surface area contributed by atoms with Crippen molar-refractivity contribution in [3.05, 3.63) is 0 Å². The van der Waals surface area contributed by atoms with Crippen LogP contribution in [0.25, 0.3) is 0 Å². The second-order valence-corrected chi connectivity index (χ2v) is 1.89. The van der Waals surface area contributed by atoms with Gasteiger partial charge >= 0.3 is 6.16 Å². The van der Waals surface area contributed by atoms with Crippen LogP contribution in [0.5, 0.6) is 0 Å². The van der Waals surface area contributed by atoms with Gasteiger partial charge in [-0.25, -0.2) is 4.79 Å². The van der Waals surface area contributed by atoms with Crippen molar-refractivity contribution < 1.29 is 19.1 Å². The Labute approximate surface area is 59.1 Å². The van der Waals surface area contributed by atoms with E-state index in [4.69, 9.17) is 0 Å². The molecule has 58 valence electrons. The zero-order chi connectivity index (χ0) is 7.98. The molecule has 0 aromatic heterocycles. The molecule has 0 radical (unpaired) electrons. The van der Waals surface area contributed by atoms with Crippen molar-refractivity contribution in [2.45, 2.75) is 20.0 Å². The van der Waals surface area contributed by atoms with Gasteiger partial charge in [0.05, 0.1) is 6.10 Å². The van der Waals surface area contributed by atoms with Crippen LogP contribution in [-0.4, -0.2) is 25.2 Å². The van der Waals surface area contributed by atoms with Crippen LogP contribution in [-0.2, 0) is 14.3 Å². The summed E-state index contributed by atoms with van der Waals surface area (Å²) in [4.78, 5) is 20.1. The molecule has 0 aliphatic rings. The molecule has 4 heteroatoms. The van der Waals surface area contributed by atoms with Crippen molar-refractivity contribution in [2.75, 3.05) is 6.61 Å². The summed E-state index contributed by atoms with van der Waals surface area (Å²) in [6, 6.07) is 0. The Morgan fingerprint density at radius 3 is 2.60 bits per heavy atom. The first-order chi connectivity index (χ1) is 4.66. The highest BCUT2D eigenvalue weighted by Crippen LogP contribution is 1.90. The van der Waals surface area contributed by atoms with Gasteiger partial charge in [-0.3, -0.25) is 4.79 Å². The summed E-state index contributed by atoms with van der Waals surface area (Å²) in [5.74, 6) is 0. The van der Waals surface area contributed by atoms with E-state index in [9.17, 15) is 9.59 Å². The number of ether oxygens (including phenoxy) is 2. The molecule has 0 spiro atoms. The number of carbonyl (C=O) groups excluding carboxylic acids is 2. The molecule has 0 aliphatic carbocycles. The summed E-state index contributed by atoms with van der Waals surface area (Å²) in [7, 11) is 0. The molecular formula is C6H10O4. The van der Waals surface area contributed by atoms with E-state index in [0.717, 1.165) is 0 Å². The third-order valence-electron chi connectivity index (χ3n) is 0.601. The maximum absolute atomic E-state index is 10.4. The lowest BCUT2D eigenvalue weighted by Crippen LogP contribution is -2.13. The van der Waals surface area contributed by atoms with E-state index in [-0.39, 0.29) is 12.7 Å². The first-order valence-electron chi connectivity index (χ1n) is 2.94. The molecule has 0 aromatic carbocycles. The molecule has 0 atom stereocenters. The molecule has 0 amide bonds. The standard InChI is InChI=1S/C6H10O4/c1-5(2)10-6(8)9-4-3-7/h3,5H,4H2,1-2H3. The second-order valence-electron chi connectivity index (χ2n) is 1.89. The summed E-state index contributed by atoms with van der Waals surface area (Å²) in [5.41, 5.74) is 0. The lowest BCUT2D eigenvalue weighted by molar-refractivity contribution is -0.111. The maximum atomic E-state index is 10.4. The fourth-order valence-electron chi connectivity index (χ4n) is 0.329. The van der Waals surface area contributed by atoms with Gasteiger partial charge in [0.1, 0.15) is 0 Å². The Balaban J connectivity index is 3.34. The highest BCUT2D eigenvalue weighted by molar-refractivity contribution is 5.63. The van der Waals surface area contributed by atoms with Crippen molar-refractivity contribution in [3.8, 4) is 0 Å². The molecule has 4 nitrogen and oxygen atoms in total. The van der Waals surface area contributed by atoms with Gasteiger partial charge in [0.2, 0.25) is 0 Å². The third-order valence-corrected chi connectivity index (χ3v) is 0.601. The summed E-state index contributed by atoms with van der Waals surface area (Å²) < 4.78 is 8.80. The Morgan fingerprint density at radius 1 is 1.60 bits per heavy atom. The normalized spacial score (nSPS) is 9.10. The Morgan fingerprint density at radius 2 is 2.20 bits per heavy atom. The average Bonchev–Trinajstić information content (AvgIpc) is 1.82. The predicted octanol–water partition coefficient (Wildman–Crippen LogP) is 0.747. The molecule has 0 saturated heterocycles. The average molecular weight is 146 g/mol. The van der Waals surface area contributed by atoms with E-state index >= 15 is 0 Å². The van der Waals surface area contributed by atoms with Gasteiger partial charge in [0.15, 0.2) is 12.9 Å². The number of carbonyl (C=O) groups is 2. The monoisotopic (exact) mass is 146 g/mol. The van der Waals surface area contributed by atoms with Gasteiger partial charge < -0.3 is 9.47 Å². The van der Waals surface area contributed by atoms with Crippen LogP contribution < -0.4 is 0 Å². The minimum absolute atomic E-state index is 0.209. The van der Waals surface area contributed by atoms with Crippen LogP contribution in [0.3, 0.4) is 0 Å². The highest BCUT2D eigenvalue weighted by Gasteiger charge is 2.04. The van der Waals surface area contributed by atoms with Crippen molar-refractivity contribution in [3.63, 3.8) is 0 Å². The summed E-state index contributed by atoms with van der Waals surface area (Å²) in [6.45, 7) is 3.15. The molecule has 0 heterocycles. The van der Waals surface area contributed by atoms with Gasteiger partial charge in [-0.2, -0.15) is 0 Å². The molecule has 0 rings (SSSR count). The minimum Gasteiger partial charge on any atom is -0.432 e. The molecule has 0 saturated carbocycles. The molecule has 10 heavy (non-hydrogen) atoms. The number of aldehydes is 1. The van der Waals surface area contributed by atoms with E-state index in [1.165, 1.54) is 0 Å². The summed E-state index contributed by atoms with van der Waals surface area (Å²) in [5, 5.41) is 0. The smallest absolute Gasteiger partial charge is 0.432 e. The molecule has 0 unspecified atom stereocenters. The Kier molecular flexibility index (Phi) is 4.28. The minimum atomic E-state index is -0.804. The molecule has 0 N–H and O–H groups in total. The van der Waals surface area contributed by atoms with Gasteiger partial charge in [-0.15, -0.1) is 0 Å². The van der Waals surface area contributed by atoms with E-state index in [2.05, 4.69) is 9.47 Å². The molecule has 0 bridgehead atoms. The lowest BCUT2D eigenvalue weighted by atomic mass is 10.5. The van der Waals surface area contributed by atoms with Crippen LogP contribution in [0.1, 0.15) is 13.8 Å². The van der Waals surface area contributed by atoms with E-state index in [1.807, 2.05) is 0 Å². The zero-order valence-corrected chi connectivity index (χ0v) is 5.99. The first-order valence-corrected chi connectivity index (χ1v) is 2.94. The van der Waals surface area contributed by atoms with Crippen molar-refractivity contribution >= 4 is 12.4 Å².